The van der Waals surface area contributed by atoms with Crippen LogP contribution in [0, 0.1) is 0 Å². The Morgan fingerprint density at radius 2 is 1.90 bits per heavy atom. The number of rotatable bonds is 4. The van der Waals surface area contributed by atoms with Crippen molar-refractivity contribution in [2.75, 3.05) is 6.61 Å². The molecule has 2 heteroatoms. The van der Waals surface area contributed by atoms with Crippen LogP contribution in [0.1, 0.15) is 38.5 Å². The molecule has 0 aromatic carbocycles. The van der Waals surface area contributed by atoms with Gasteiger partial charge in [0.2, 0.25) is 0 Å². The van der Waals surface area contributed by atoms with E-state index in [1.807, 2.05) is 0 Å². The molecule has 1 saturated carbocycles. The van der Waals surface area contributed by atoms with Gasteiger partial charge in [-0.25, -0.2) is 0 Å². The zero-order chi connectivity index (χ0) is 7.45. The molecule has 1 rings (SSSR count). The van der Waals surface area contributed by atoms with E-state index in [9.17, 15) is 5.11 Å². The highest BCUT2D eigenvalue weighted by Crippen LogP contribution is 2.35. The van der Waals surface area contributed by atoms with Gasteiger partial charge in [0.1, 0.15) is 0 Å². The van der Waals surface area contributed by atoms with Crippen LogP contribution in [0.2, 0.25) is 0 Å². The van der Waals surface area contributed by atoms with Gasteiger partial charge in [-0.3, -0.25) is 0 Å². The first-order valence-corrected chi connectivity index (χ1v) is 4.10. The quantitative estimate of drug-likeness (QED) is 0.579. The summed E-state index contributed by atoms with van der Waals surface area (Å²) in [5.74, 6) is 0. The molecule has 2 nitrogen and oxygen atoms in total. The SMILES string of the molecule is OCCCCC1(O)CCC1. The Kier molecular flexibility index (Phi) is 2.69. The molecule has 2 N–H and O–H groups in total. The number of hydrogen-bond donors (Lipinski definition) is 2. The molecule has 0 aromatic rings. The largest absolute Gasteiger partial charge is 0.396 e. The summed E-state index contributed by atoms with van der Waals surface area (Å²) in [6.45, 7) is 0.260. The first-order chi connectivity index (χ1) is 4.77. The highest BCUT2D eigenvalue weighted by atomic mass is 16.3. The van der Waals surface area contributed by atoms with Crippen LogP contribution >= 0.6 is 0 Å². The van der Waals surface area contributed by atoms with Crippen molar-refractivity contribution in [3.05, 3.63) is 0 Å². The lowest BCUT2D eigenvalue weighted by molar-refractivity contribution is -0.0424. The van der Waals surface area contributed by atoms with Crippen molar-refractivity contribution in [3.8, 4) is 0 Å². The maximum absolute atomic E-state index is 9.56. The summed E-state index contributed by atoms with van der Waals surface area (Å²) in [4.78, 5) is 0. The van der Waals surface area contributed by atoms with Gasteiger partial charge in [0, 0.05) is 6.61 Å². The Balaban J connectivity index is 2.01. The van der Waals surface area contributed by atoms with Gasteiger partial charge in [-0.2, -0.15) is 0 Å². The van der Waals surface area contributed by atoms with Crippen LogP contribution in [-0.4, -0.2) is 22.4 Å². The predicted molar refractivity (Wildman–Crippen MR) is 39.7 cm³/mol. The molecule has 0 saturated heterocycles. The highest BCUT2D eigenvalue weighted by molar-refractivity contribution is 4.86. The van der Waals surface area contributed by atoms with Crippen molar-refractivity contribution in [3.63, 3.8) is 0 Å². The Hall–Kier alpha value is -0.0800. The standard InChI is InChI=1S/C8H16O2/c9-7-2-1-4-8(10)5-3-6-8/h9-10H,1-7H2. The van der Waals surface area contributed by atoms with Gasteiger partial charge in [-0.05, 0) is 38.5 Å². The van der Waals surface area contributed by atoms with Crippen LogP contribution in [0.15, 0.2) is 0 Å². The Morgan fingerprint density at radius 3 is 2.30 bits per heavy atom. The highest BCUT2D eigenvalue weighted by Gasteiger charge is 2.33. The molecule has 0 unspecified atom stereocenters. The molecular weight excluding hydrogens is 128 g/mol. The van der Waals surface area contributed by atoms with Crippen molar-refractivity contribution in [2.24, 2.45) is 0 Å². The van der Waals surface area contributed by atoms with Gasteiger partial charge in [0.05, 0.1) is 5.60 Å². The molecule has 0 spiro atoms. The fourth-order valence-corrected chi connectivity index (χ4v) is 1.40. The Morgan fingerprint density at radius 1 is 1.20 bits per heavy atom. The van der Waals surface area contributed by atoms with E-state index in [-0.39, 0.29) is 12.2 Å². The monoisotopic (exact) mass is 144 g/mol. The maximum Gasteiger partial charge on any atom is 0.0647 e. The van der Waals surface area contributed by atoms with Crippen LogP contribution in [0.5, 0.6) is 0 Å². The number of aliphatic hydroxyl groups excluding tert-OH is 1. The minimum absolute atomic E-state index is 0.260. The predicted octanol–water partition coefficient (Wildman–Crippen LogP) is 1.06. The van der Waals surface area contributed by atoms with Crippen molar-refractivity contribution < 1.29 is 10.2 Å². The molecule has 1 aliphatic rings. The average molecular weight is 144 g/mol. The summed E-state index contributed by atoms with van der Waals surface area (Å²) in [6, 6.07) is 0. The molecule has 0 radical (unpaired) electrons. The van der Waals surface area contributed by atoms with Crippen molar-refractivity contribution in [2.45, 2.75) is 44.1 Å². The second-order valence-corrected chi connectivity index (χ2v) is 3.26. The minimum atomic E-state index is -0.338. The van der Waals surface area contributed by atoms with Gasteiger partial charge in [0.15, 0.2) is 0 Å². The van der Waals surface area contributed by atoms with Gasteiger partial charge in [0.25, 0.3) is 0 Å². The number of aliphatic hydroxyl groups is 2. The molecule has 0 bridgehead atoms. The van der Waals surface area contributed by atoms with Gasteiger partial charge in [-0.15, -0.1) is 0 Å². The first kappa shape index (κ1) is 8.02. The molecule has 1 fully saturated rings. The lowest BCUT2D eigenvalue weighted by Gasteiger charge is -2.36. The third-order valence-corrected chi connectivity index (χ3v) is 2.33. The third-order valence-electron chi connectivity index (χ3n) is 2.33. The molecule has 10 heavy (non-hydrogen) atoms. The van der Waals surface area contributed by atoms with E-state index < -0.39 is 0 Å². The summed E-state index contributed by atoms with van der Waals surface area (Å²) >= 11 is 0. The molecule has 0 heterocycles. The smallest absolute Gasteiger partial charge is 0.0647 e. The van der Waals surface area contributed by atoms with E-state index in [4.69, 9.17) is 5.11 Å². The average Bonchev–Trinajstić information content (AvgIpc) is 1.85. The zero-order valence-electron chi connectivity index (χ0n) is 6.34. The lowest BCUT2D eigenvalue weighted by Crippen LogP contribution is -2.36. The van der Waals surface area contributed by atoms with E-state index in [0.29, 0.717) is 0 Å². The van der Waals surface area contributed by atoms with Crippen molar-refractivity contribution in [1.29, 1.82) is 0 Å². The van der Waals surface area contributed by atoms with E-state index in [1.165, 1.54) is 6.42 Å². The minimum Gasteiger partial charge on any atom is -0.396 e. The van der Waals surface area contributed by atoms with E-state index >= 15 is 0 Å². The van der Waals surface area contributed by atoms with Crippen LogP contribution in [0.25, 0.3) is 0 Å². The summed E-state index contributed by atoms with van der Waals surface area (Å²) in [7, 11) is 0. The summed E-state index contributed by atoms with van der Waals surface area (Å²) in [5.41, 5.74) is -0.338. The van der Waals surface area contributed by atoms with Crippen molar-refractivity contribution in [1.82, 2.24) is 0 Å². The fraction of sp³-hybridized carbons (Fsp3) is 1.00. The summed E-state index contributed by atoms with van der Waals surface area (Å²) < 4.78 is 0. The van der Waals surface area contributed by atoms with Gasteiger partial charge >= 0.3 is 0 Å². The van der Waals surface area contributed by atoms with E-state index in [0.717, 1.165) is 32.1 Å². The molecule has 0 atom stereocenters. The van der Waals surface area contributed by atoms with Gasteiger partial charge in [-0.1, -0.05) is 0 Å². The second-order valence-electron chi connectivity index (χ2n) is 3.26. The number of unbranched alkanes of at least 4 members (excludes halogenated alkanes) is 1. The Labute approximate surface area is 61.9 Å². The topological polar surface area (TPSA) is 40.5 Å². The molecule has 0 amide bonds. The lowest BCUT2D eigenvalue weighted by atomic mass is 9.77. The maximum atomic E-state index is 9.56. The van der Waals surface area contributed by atoms with E-state index in [2.05, 4.69) is 0 Å². The summed E-state index contributed by atoms with van der Waals surface area (Å²) in [5, 5.41) is 18.0. The number of hydrogen-bond acceptors (Lipinski definition) is 2. The van der Waals surface area contributed by atoms with E-state index in [1.54, 1.807) is 0 Å². The summed E-state index contributed by atoms with van der Waals surface area (Å²) in [6.07, 6.45) is 5.80. The molecule has 1 aliphatic carbocycles. The molecule has 0 aliphatic heterocycles. The third kappa shape index (κ3) is 1.96. The molecule has 60 valence electrons. The molecule has 0 aromatic heterocycles. The van der Waals surface area contributed by atoms with Crippen LogP contribution < -0.4 is 0 Å². The normalized spacial score (nSPS) is 22.2. The molecular formula is C8H16O2. The van der Waals surface area contributed by atoms with Crippen LogP contribution in [0.3, 0.4) is 0 Å². The van der Waals surface area contributed by atoms with Crippen LogP contribution in [0.4, 0.5) is 0 Å². The Bertz CT molecular complexity index is 97.4. The fourth-order valence-electron chi connectivity index (χ4n) is 1.40. The van der Waals surface area contributed by atoms with Crippen molar-refractivity contribution >= 4 is 0 Å². The zero-order valence-corrected chi connectivity index (χ0v) is 6.34. The van der Waals surface area contributed by atoms with Crippen LogP contribution in [-0.2, 0) is 0 Å². The second kappa shape index (κ2) is 3.35. The first-order valence-electron chi connectivity index (χ1n) is 4.10. The van der Waals surface area contributed by atoms with Gasteiger partial charge < -0.3 is 10.2 Å².